The Morgan fingerprint density at radius 1 is 1.33 bits per heavy atom. The Morgan fingerprint density at radius 3 is 2.89 bits per heavy atom. The summed E-state index contributed by atoms with van der Waals surface area (Å²) in [7, 11) is 0. The predicted molar refractivity (Wildman–Crippen MR) is 98.6 cm³/mol. The molecule has 2 N–H and O–H groups in total. The number of hydrogen-bond acceptors (Lipinski definition) is 5. The van der Waals surface area contributed by atoms with Gasteiger partial charge in [0.25, 0.3) is 0 Å². The minimum Gasteiger partial charge on any atom is -0.464 e. The van der Waals surface area contributed by atoms with Crippen molar-refractivity contribution < 1.29 is 24.2 Å². The van der Waals surface area contributed by atoms with E-state index in [1.165, 1.54) is 4.90 Å². The van der Waals surface area contributed by atoms with E-state index >= 15 is 0 Å². The summed E-state index contributed by atoms with van der Waals surface area (Å²) in [6.45, 7) is 2.16. The molecule has 1 saturated heterocycles. The smallest absolute Gasteiger partial charge is 0.332 e. The van der Waals surface area contributed by atoms with E-state index in [2.05, 4.69) is 11.4 Å². The molecule has 3 aliphatic rings. The van der Waals surface area contributed by atoms with Gasteiger partial charge in [-0.05, 0) is 32.6 Å². The van der Waals surface area contributed by atoms with Crippen LogP contribution >= 0.6 is 0 Å². The first-order chi connectivity index (χ1) is 13.0. The normalized spacial score (nSPS) is 35.9. The lowest BCUT2D eigenvalue weighted by Gasteiger charge is -2.26. The van der Waals surface area contributed by atoms with Crippen molar-refractivity contribution in [2.24, 2.45) is 5.92 Å². The fourth-order valence-corrected chi connectivity index (χ4v) is 4.15. The number of hydrogen-bond donors (Lipinski definition) is 2. The van der Waals surface area contributed by atoms with Gasteiger partial charge in [-0.3, -0.25) is 9.59 Å². The van der Waals surface area contributed by atoms with E-state index < -0.39 is 23.7 Å². The number of carbonyl (C=O) groups excluding carboxylic acids is 3. The summed E-state index contributed by atoms with van der Waals surface area (Å²) in [6.07, 6.45) is 9.26. The summed E-state index contributed by atoms with van der Waals surface area (Å²) in [6, 6.07) is -0.728. The third kappa shape index (κ3) is 4.34. The maximum absolute atomic E-state index is 12.9. The average molecular weight is 378 g/mol. The maximum Gasteiger partial charge on any atom is 0.332 e. The third-order valence-electron chi connectivity index (χ3n) is 5.78. The van der Waals surface area contributed by atoms with Gasteiger partial charge in [-0.25, -0.2) is 4.79 Å². The molecule has 1 aliphatic carbocycles. The van der Waals surface area contributed by atoms with E-state index in [4.69, 9.17) is 4.74 Å². The molecule has 7 heteroatoms. The van der Waals surface area contributed by atoms with E-state index in [1.54, 1.807) is 6.92 Å². The highest BCUT2D eigenvalue weighted by molar-refractivity contribution is 5.95. The summed E-state index contributed by atoms with van der Waals surface area (Å²) in [5.41, 5.74) is -1.04. The molecule has 0 aromatic heterocycles. The fourth-order valence-electron chi connectivity index (χ4n) is 4.15. The van der Waals surface area contributed by atoms with Gasteiger partial charge < -0.3 is 20.1 Å². The fraction of sp³-hybridized carbons (Fsp3) is 0.750. The van der Waals surface area contributed by atoms with Crippen LogP contribution in [0.5, 0.6) is 0 Å². The molecule has 0 bridgehead atoms. The zero-order valence-corrected chi connectivity index (χ0v) is 16.0. The number of aliphatic hydroxyl groups is 1. The second-order valence-electron chi connectivity index (χ2n) is 7.82. The Bertz CT molecular complexity index is 619. The van der Waals surface area contributed by atoms with E-state index in [-0.39, 0.29) is 37.3 Å². The van der Waals surface area contributed by atoms with Gasteiger partial charge in [-0.1, -0.05) is 25.0 Å². The van der Waals surface area contributed by atoms with Crippen molar-refractivity contribution in [3.05, 3.63) is 12.2 Å². The Kier molecular flexibility index (Phi) is 6.19. The molecule has 0 unspecified atom stereocenters. The monoisotopic (exact) mass is 378 g/mol. The number of nitrogens with zero attached hydrogens (tertiary/aromatic N) is 1. The Labute approximate surface area is 160 Å². The van der Waals surface area contributed by atoms with Crippen LogP contribution in [0.25, 0.3) is 0 Å². The lowest BCUT2D eigenvalue weighted by molar-refractivity contribution is -0.150. The SMILES string of the molecule is CCOC(=O)[C@@]12C[C@@H]1/C=C\CCCCCCC(=O)N1C[C@H](O)C[C@H]1C(=O)N2. The van der Waals surface area contributed by atoms with Crippen LogP contribution in [0.2, 0.25) is 0 Å². The molecule has 0 spiro atoms. The number of fused-ring (bicyclic) bond motifs is 2. The average Bonchev–Trinajstić information content (AvgIpc) is 3.18. The second-order valence-corrected chi connectivity index (χ2v) is 7.82. The zero-order valence-electron chi connectivity index (χ0n) is 16.0. The molecule has 2 aliphatic heterocycles. The molecule has 4 atom stereocenters. The highest BCUT2D eigenvalue weighted by atomic mass is 16.5. The Morgan fingerprint density at radius 2 is 2.11 bits per heavy atom. The third-order valence-corrected chi connectivity index (χ3v) is 5.78. The van der Waals surface area contributed by atoms with Gasteiger partial charge in [-0.15, -0.1) is 0 Å². The van der Waals surface area contributed by atoms with Gasteiger partial charge >= 0.3 is 5.97 Å². The van der Waals surface area contributed by atoms with Gasteiger partial charge in [0.1, 0.15) is 11.6 Å². The highest BCUT2D eigenvalue weighted by Gasteiger charge is 2.62. The van der Waals surface area contributed by atoms with Gasteiger partial charge in [-0.2, -0.15) is 0 Å². The lowest BCUT2D eigenvalue weighted by atomic mass is 10.1. The van der Waals surface area contributed by atoms with Crippen molar-refractivity contribution in [2.45, 2.75) is 76.0 Å². The summed E-state index contributed by atoms with van der Waals surface area (Å²) >= 11 is 0. The van der Waals surface area contributed by atoms with E-state index in [0.717, 1.165) is 32.1 Å². The first-order valence-electron chi connectivity index (χ1n) is 10.1. The van der Waals surface area contributed by atoms with Crippen molar-refractivity contribution in [3.63, 3.8) is 0 Å². The van der Waals surface area contributed by atoms with Crippen LogP contribution in [0, 0.1) is 5.92 Å². The first kappa shape index (κ1) is 19.9. The summed E-state index contributed by atoms with van der Waals surface area (Å²) in [5.74, 6) is -0.981. The van der Waals surface area contributed by atoms with Crippen LogP contribution in [-0.4, -0.2) is 58.6 Å². The number of esters is 1. The van der Waals surface area contributed by atoms with Gasteiger partial charge in [0.05, 0.1) is 12.7 Å². The zero-order chi connectivity index (χ0) is 19.4. The molecule has 2 amide bonds. The molecular weight excluding hydrogens is 348 g/mol. The predicted octanol–water partition coefficient (Wildman–Crippen LogP) is 1.30. The van der Waals surface area contributed by atoms with E-state index in [0.29, 0.717) is 12.8 Å². The molecule has 2 heterocycles. The van der Waals surface area contributed by atoms with E-state index in [9.17, 15) is 19.5 Å². The molecule has 0 aromatic rings. The number of allylic oxidation sites excluding steroid dienone is 1. The van der Waals surface area contributed by atoms with Crippen LogP contribution in [0.1, 0.15) is 58.3 Å². The largest absolute Gasteiger partial charge is 0.464 e. The highest BCUT2D eigenvalue weighted by Crippen LogP contribution is 2.46. The molecule has 7 nitrogen and oxygen atoms in total. The lowest BCUT2D eigenvalue weighted by Crippen LogP contribution is -2.53. The molecule has 1 saturated carbocycles. The molecule has 0 aromatic carbocycles. The van der Waals surface area contributed by atoms with Gasteiger partial charge in [0.15, 0.2) is 0 Å². The van der Waals surface area contributed by atoms with Crippen LogP contribution in [-0.2, 0) is 19.1 Å². The molecule has 3 rings (SSSR count). The molecular formula is C20H30N2O5. The van der Waals surface area contributed by atoms with Crippen LogP contribution in [0.4, 0.5) is 0 Å². The van der Waals surface area contributed by atoms with Crippen molar-refractivity contribution in [1.29, 1.82) is 0 Å². The second kappa shape index (κ2) is 8.42. The van der Waals surface area contributed by atoms with Crippen molar-refractivity contribution in [3.8, 4) is 0 Å². The topological polar surface area (TPSA) is 95.9 Å². The molecule has 150 valence electrons. The van der Waals surface area contributed by atoms with Crippen molar-refractivity contribution >= 4 is 17.8 Å². The van der Waals surface area contributed by atoms with Gasteiger partial charge in [0, 0.05) is 25.3 Å². The van der Waals surface area contributed by atoms with Crippen LogP contribution in [0.3, 0.4) is 0 Å². The van der Waals surface area contributed by atoms with Crippen LogP contribution < -0.4 is 5.32 Å². The summed E-state index contributed by atoms with van der Waals surface area (Å²) in [5, 5.41) is 12.9. The summed E-state index contributed by atoms with van der Waals surface area (Å²) < 4.78 is 5.20. The Hall–Kier alpha value is -1.89. The minimum absolute atomic E-state index is 0.0823. The molecule has 27 heavy (non-hydrogen) atoms. The standard InChI is InChI=1S/C20H30N2O5/c1-2-27-19(26)20-12-14(20)9-7-5-3-4-6-8-10-17(24)22-13-15(23)11-16(22)18(25)21-20/h7,9,14-16,23H,2-6,8,10-13H2,1H3,(H,21,25)/b9-7-/t14-,15+,16-,20+/m0/s1. The number of amides is 2. The maximum atomic E-state index is 12.9. The van der Waals surface area contributed by atoms with Crippen LogP contribution in [0.15, 0.2) is 12.2 Å². The number of ether oxygens (including phenoxy) is 1. The first-order valence-corrected chi connectivity index (χ1v) is 10.1. The summed E-state index contributed by atoms with van der Waals surface area (Å²) in [4.78, 5) is 39.5. The molecule has 0 radical (unpaired) electrons. The van der Waals surface area contributed by atoms with Crippen molar-refractivity contribution in [2.75, 3.05) is 13.2 Å². The minimum atomic E-state index is -1.04. The number of aliphatic hydroxyl groups excluding tert-OH is 1. The number of nitrogens with one attached hydrogen (secondary N) is 1. The number of rotatable bonds is 2. The van der Waals surface area contributed by atoms with Crippen molar-refractivity contribution in [1.82, 2.24) is 10.2 Å². The van der Waals surface area contributed by atoms with E-state index in [1.807, 2.05) is 6.08 Å². The Balaban J connectivity index is 1.81. The number of carbonyl (C=O) groups is 3. The van der Waals surface area contributed by atoms with Gasteiger partial charge in [0.2, 0.25) is 11.8 Å². The molecule has 2 fully saturated rings. The quantitative estimate of drug-likeness (QED) is 0.558.